The van der Waals surface area contributed by atoms with E-state index in [4.69, 9.17) is 9.84 Å². The Bertz CT molecular complexity index is 463. The van der Waals surface area contributed by atoms with Crippen molar-refractivity contribution in [3.05, 3.63) is 30.3 Å². The van der Waals surface area contributed by atoms with Gasteiger partial charge in [-0.1, -0.05) is 30.0 Å². The van der Waals surface area contributed by atoms with Gasteiger partial charge < -0.3 is 9.84 Å². The van der Waals surface area contributed by atoms with Crippen LogP contribution in [0.15, 0.2) is 35.5 Å². The van der Waals surface area contributed by atoms with Crippen molar-refractivity contribution < 1.29 is 9.84 Å². The van der Waals surface area contributed by atoms with Gasteiger partial charge in [0, 0.05) is 5.75 Å². The van der Waals surface area contributed by atoms with Gasteiger partial charge in [-0.05, 0) is 22.6 Å². The maximum Gasteiger partial charge on any atom is 0.209 e. The molecule has 1 N–H and O–H groups in total. The molecule has 0 amide bonds. The van der Waals surface area contributed by atoms with Crippen LogP contribution >= 0.6 is 11.8 Å². The van der Waals surface area contributed by atoms with Gasteiger partial charge in [0.2, 0.25) is 5.16 Å². The van der Waals surface area contributed by atoms with E-state index in [9.17, 15) is 0 Å². The third-order valence-corrected chi connectivity index (χ3v) is 3.06. The molecule has 0 saturated heterocycles. The number of nitrogens with zero attached hydrogens (tertiary/aromatic N) is 4. The molecular weight excluding hydrogens is 252 g/mol. The maximum absolute atomic E-state index is 8.83. The van der Waals surface area contributed by atoms with Gasteiger partial charge in [-0.3, -0.25) is 0 Å². The first-order chi connectivity index (χ1) is 8.90. The minimum Gasteiger partial charge on any atom is -0.493 e. The molecule has 2 aromatic rings. The van der Waals surface area contributed by atoms with Crippen LogP contribution in [0.25, 0.3) is 0 Å². The molecule has 0 aliphatic rings. The summed E-state index contributed by atoms with van der Waals surface area (Å²) in [5.41, 5.74) is 0. The van der Waals surface area contributed by atoms with E-state index in [0.717, 1.165) is 11.5 Å². The van der Waals surface area contributed by atoms with Crippen molar-refractivity contribution >= 4 is 11.8 Å². The van der Waals surface area contributed by atoms with Gasteiger partial charge in [0.15, 0.2) is 0 Å². The summed E-state index contributed by atoms with van der Waals surface area (Å²) in [5, 5.41) is 20.7. The highest BCUT2D eigenvalue weighted by molar-refractivity contribution is 7.99. The molecule has 0 saturated carbocycles. The smallest absolute Gasteiger partial charge is 0.209 e. The van der Waals surface area contributed by atoms with E-state index in [0.29, 0.717) is 18.3 Å². The fourth-order valence-corrected chi connectivity index (χ4v) is 2.06. The van der Waals surface area contributed by atoms with Gasteiger partial charge in [-0.25, -0.2) is 4.68 Å². The molecule has 7 heteroatoms. The normalized spacial score (nSPS) is 10.5. The van der Waals surface area contributed by atoms with Crippen molar-refractivity contribution in [2.24, 2.45) is 0 Å². The Morgan fingerprint density at radius 2 is 2.11 bits per heavy atom. The summed E-state index contributed by atoms with van der Waals surface area (Å²) in [6, 6.07) is 9.65. The van der Waals surface area contributed by atoms with Crippen LogP contribution in [0.5, 0.6) is 5.75 Å². The number of aliphatic hydroxyl groups excluding tert-OH is 1. The van der Waals surface area contributed by atoms with Gasteiger partial charge in [-0.2, -0.15) is 0 Å². The third-order valence-electron chi connectivity index (χ3n) is 2.14. The van der Waals surface area contributed by atoms with Crippen LogP contribution in [0.4, 0.5) is 0 Å². The molecule has 0 spiro atoms. The van der Waals surface area contributed by atoms with Gasteiger partial charge in [0.1, 0.15) is 5.75 Å². The Kier molecular flexibility index (Phi) is 4.98. The number of aliphatic hydroxyl groups is 1. The van der Waals surface area contributed by atoms with Crippen LogP contribution in [-0.2, 0) is 6.54 Å². The topological polar surface area (TPSA) is 73.1 Å². The lowest BCUT2D eigenvalue weighted by Crippen LogP contribution is -2.07. The van der Waals surface area contributed by atoms with Crippen molar-refractivity contribution in [1.29, 1.82) is 0 Å². The minimum absolute atomic E-state index is 0.0269. The first-order valence-electron chi connectivity index (χ1n) is 5.58. The summed E-state index contributed by atoms with van der Waals surface area (Å²) in [4.78, 5) is 0. The van der Waals surface area contributed by atoms with E-state index in [1.807, 2.05) is 30.3 Å². The second-order valence-corrected chi connectivity index (χ2v) is 4.48. The first kappa shape index (κ1) is 12.8. The first-order valence-corrected chi connectivity index (χ1v) is 6.56. The molecule has 6 nitrogen and oxygen atoms in total. The number of aromatic nitrogens is 4. The molecule has 1 aromatic heterocycles. The van der Waals surface area contributed by atoms with Crippen LogP contribution in [0.2, 0.25) is 0 Å². The zero-order chi connectivity index (χ0) is 12.6. The van der Waals surface area contributed by atoms with Crippen molar-refractivity contribution in [3.63, 3.8) is 0 Å². The number of rotatable bonds is 7. The van der Waals surface area contributed by atoms with Gasteiger partial charge in [0.05, 0.1) is 19.8 Å². The largest absolute Gasteiger partial charge is 0.493 e. The van der Waals surface area contributed by atoms with Crippen molar-refractivity contribution in [1.82, 2.24) is 20.2 Å². The second kappa shape index (κ2) is 6.97. The van der Waals surface area contributed by atoms with E-state index in [-0.39, 0.29) is 6.61 Å². The van der Waals surface area contributed by atoms with E-state index >= 15 is 0 Å². The van der Waals surface area contributed by atoms with Gasteiger partial charge in [0.25, 0.3) is 0 Å². The average Bonchev–Trinajstić information content (AvgIpc) is 2.84. The highest BCUT2D eigenvalue weighted by Gasteiger charge is 2.05. The molecule has 0 aliphatic heterocycles. The zero-order valence-electron chi connectivity index (χ0n) is 9.77. The molecule has 1 heterocycles. The van der Waals surface area contributed by atoms with Gasteiger partial charge >= 0.3 is 0 Å². The molecule has 0 unspecified atom stereocenters. The number of benzene rings is 1. The molecule has 0 aliphatic carbocycles. The Morgan fingerprint density at radius 3 is 2.89 bits per heavy atom. The number of hydrogen-bond donors (Lipinski definition) is 1. The predicted molar refractivity (Wildman–Crippen MR) is 67.6 cm³/mol. The lowest BCUT2D eigenvalue weighted by atomic mass is 10.3. The Morgan fingerprint density at radius 1 is 1.28 bits per heavy atom. The second-order valence-electron chi connectivity index (χ2n) is 3.42. The molecule has 0 bridgehead atoms. The highest BCUT2D eigenvalue weighted by Crippen LogP contribution is 2.14. The molecule has 0 fully saturated rings. The van der Waals surface area contributed by atoms with E-state index in [1.165, 1.54) is 11.8 Å². The van der Waals surface area contributed by atoms with Crippen LogP contribution < -0.4 is 4.74 Å². The molecule has 0 radical (unpaired) electrons. The standard InChI is InChI=1S/C11H14N4O2S/c16-7-6-15-11(12-13-14-15)18-9-8-17-10-4-2-1-3-5-10/h1-5,16H,6-9H2. The number of thioether (sulfide) groups is 1. The zero-order valence-corrected chi connectivity index (χ0v) is 10.6. The highest BCUT2D eigenvalue weighted by atomic mass is 32.2. The summed E-state index contributed by atoms with van der Waals surface area (Å²) in [6.45, 7) is 1.02. The SMILES string of the molecule is OCCn1nnnc1SCCOc1ccccc1. The third kappa shape index (κ3) is 3.71. The molecule has 2 rings (SSSR count). The predicted octanol–water partition coefficient (Wildman–Crippen LogP) is 0.836. The summed E-state index contributed by atoms with van der Waals surface area (Å²) < 4.78 is 7.13. The summed E-state index contributed by atoms with van der Waals surface area (Å²) >= 11 is 1.50. The van der Waals surface area contributed by atoms with Crippen molar-refractivity contribution in [2.75, 3.05) is 19.0 Å². The van der Waals surface area contributed by atoms with Gasteiger partial charge in [-0.15, -0.1) is 5.10 Å². The molecular formula is C11H14N4O2S. The van der Waals surface area contributed by atoms with Crippen molar-refractivity contribution in [3.8, 4) is 5.75 Å². The maximum atomic E-state index is 8.83. The summed E-state index contributed by atoms with van der Waals surface area (Å²) in [6.07, 6.45) is 0. The monoisotopic (exact) mass is 266 g/mol. The summed E-state index contributed by atoms with van der Waals surface area (Å²) in [7, 11) is 0. The van der Waals surface area contributed by atoms with Crippen LogP contribution in [0.3, 0.4) is 0 Å². The lowest BCUT2D eigenvalue weighted by molar-refractivity contribution is 0.262. The Balaban J connectivity index is 1.73. The number of hydrogen-bond acceptors (Lipinski definition) is 6. The number of tetrazole rings is 1. The van der Waals surface area contributed by atoms with E-state index < -0.39 is 0 Å². The van der Waals surface area contributed by atoms with Crippen LogP contribution in [0.1, 0.15) is 0 Å². The molecule has 1 aromatic carbocycles. The van der Waals surface area contributed by atoms with Crippen molar-refractivity contribution in [2.45, 2.75) is 11.7 Å². The number of ether oxygens (including phenoxy) is 1. The fraction of sp³-hybridized carbons (Fsp3) is 0.364. The Hall–Kier alpha value is -1.60. The van der Waals surface area contributed by atoms with E-state index in [1.54, 1.807) is 4.68 Å². The molecule has 0 atom stereocenters. The summed E-state index contributed by atoms with van der Waals surface area (Å²) in [5.74, 6) is 1.61. The number of para-hydroxylation sites is 1. The Labute approximate surface area is 109 Å². The lowest BCUT2D eigenvalue weighted by Gasteiger charge is -2.05. The average molecular weight is 266 g/mol. The minimum atomic E-state index is 0.0269. The van der Waals surface area contributed by atoms with Crippen LogP contribution in [0, 0.1) is 0 Å². The van der Waals surface area contributed by atoms with Crippen LogP contribution in [-0.4, -0.2) is 44.3 Å². The molecule has 18 heavy (non-hydrogen) atoms. The fourth-order valence-electron chi connectivity index (χ4n) is 1.34. The molecule has 96 valence electrons. The van der Waals surface area contributed by atoms with E-state index in [2.05, 4.69) is 15.5 Å². The quantitative estimate of drug-likeness (QED) is 0.591.